The summed E-state index contributed by atoms with van der Waals surface area (Å²) in [4.78, 5) is 28.6. The zero-order chi connectivity index (χ0) is 23.2. The Kier molecular flexibility index (Phi) is 5.34. The third kappa shape index (κ3) is 3.40. The Balaban J connectivity index is 1.52. The molecule has 0 radical (unpaired) electrons. The Labute approximate surface area is 201 Å². The number of amides is 1. The lowest BCUT2D eigenvalue weighted by Gasteiger charge is -2.47. The van der Waals surface area contributed by atoms with Gasteiger partial charge in [-0.15, -0.1) is 11.8 Å². The van der Waals surface area contributed by atoms with Gasteiger partial charge in [0.25, 0.3) is 5.91 Å². The lowest BCUT2D eigenvalue weighted by Crippen LogP contribution is -2.62. The van der Waals surface area contributed by atoms with Gasteiger partial charge in [-0.05, 0) is 22.8 Å². The molecule has 1 amide bonds. The maximum Gasteiger partial charge on any atom is 0.278 e. The van der Waals surface area contributed by atoms with Gasteiger partial charge in [-0.1, -0.05) is 42.5 Å². The van der Waals surface area contributed by atoms with Crippen LogP contribution in [0.5, 0.6) is 5.75 Å². The van der Waals surface area contributed by atoms with Gasteiger partial charge in [0.2, 0.25) is 5.43 Å². The van der Waals surface area contributed by atoms with Crippen molar-refractivity contribution in [1.82, 2.24) is 9.58 Å². The van der Waals surface area contributed by atoms with Crippen LogP contribution in [0.2, 0.25) is 0 Å². The lowest BCUT2D eigenvalue weighted by molar-refractivity contribution is 0.0570. The normalized spacial score (nSPS) is 21.6. The minimum atomic E-state index is -0.550. The number of fused-ring (bicyclic) bond motifs is 4. The topological polar surface area (TPSA) is 75.0 Å². The van der Waals surface area contributed by atoms with Crippen molar-refractivity contribution in [3.8, 4) is 5.75 Å². The van der Waals surface area contributed by atoms with Crippen LogP contribution in [0.3, 0.4) is 0 Å². The third-order valence-electron chi connectivity index (χ3n) is 6.97. The highest BCUT2D eigenvalue weighted by Crippen LogP contribution is 2.41. The van der Waals surface area contributed by atoms with Crippen molar-refractivity contribution in [3.05, 3.63) is 93.4 Å². The van der Waals surface area contributed by atoms with Crippen LogP contribution in [0.1, 0.15) is 39.5 Å². The van der Waals surface area contributed by atoms with E-state index in [4.69, 9.17) is 4.74 Å². The number of thioether (sulfide) groups is 1. The Hall–Kier alpha value is -3.23. The molecule has 1 N–H and O–H groups in total. The standard InChI is InChI=1S/C26H25N3O4S/c30-21-9-11-28-24(25(21)31)26(32)27-12-14-33-13-10-23(27)29(28)15-20-18-6-2-1-5-17(18)16-34-22-8-4-3-7-19(20)22/h1-9,11,20,23,31H,10,12-16H2/t20-,23?/m0/s1. The van der Waals surface area contributed by atoms with Crippen LogP contribution in [0.4, 0.5) is 0 Å². The molecule has 3 aliphatic heterocycles. The van der Waals surface area contributed by atoms with Crippen LogP contribution in [0.15, 0.2) is 70.5 Å². The molecule has 2 atom stereocenters. The van der Waals surface area contributed by atoms with Crippen molar-refractivity contribution in [2.45, 2.75) is 29.2 Å². The first-order valence-electron chi connectivity index (χ1n) is 11.5. The second-order valence-corrected chi connectivity index (χ2v) is 9.82. The summed E-state index contributed by atoms with van der Waals surface area (Å²) in [5.74, 6) is 0.115. The first-order valence-corrected chi connectivity index (χ1v) is 12.5. The average molecular weight is 476 g/mol. The van der Waals surface area contributed by atoms with E-state index < -0.39 is 11.2 Å². The van der Waals surface area contributed by atoms with Crippen molar-refractivity contribution in [2.75, 3.05) is 31.3 Å². The number of rotatable bonds is 2. The molecule has 3 aliphatic rings. The molecule has 0 saturated carbocycles. The number of benzene rings is 2. The number of pyridine rings is 1. The van der Waals surface area contributed by atoms with Gasteiger partial charge in [0.15, 0.2) is 11.4 Å². The monoisotopic (exact) mass is 475 g/mol. The number of ether oxygens (including phenoxy) is 1. The van der Waals surface area contributed by atoms with Crippen molar-refractivity contribution >= 4 is 17.7 Å². The predicted molar refractivity (Wildman–Crippen MR) is 130 cm³/mol. The maximum absolute atomic E-state index is 13.4. The molecular formula is C26H25N3O4S. The number of hydrogen-bond acceptors (Lipinski definition) is 6. The summed E-state index contributed by atoms with van der Waals surface area (Å²) in [5, 5.41) is 12.7. The maximum atomic E-state index is 13.4. The Morgan fingerprint density at radius 1 is 1.00 bits per heavy atom. The molecule has 4 heterocycles. The van der Waals surface area contributed by atoms with Crippen LogP contribution in [-0.2, 0) is 10.5 Å². The summed E-state index contributed by atoms with van der Waals surface area (Å²) in [6, 6.07) is 18.3. The van der Waals surface area contributed by atoms with Crippen molar-refractivity contribution in [3.63, 3.8) is 0 Å². The zero-order valence-electron chi connectivity index (χ0n) is 18.6. The van der Waals surface area contributed by atoms with Gasteiger partial charge in [0, 0.05) is 48.3 Å². The SMILES string of the molecule is O=C1c2c(O)c(=O)ccn2N(C[C@H]2c3ccccc3CSc3ccccc32)C2CCOCCN12. The van der Waals surface area contributed by atoms with Gasteiger partial charge in [0.1, 0.15) is 6.17 Å². The van der Waals surface area contributed by atoms with E-state index in [0.29, 0.717) is 32.7 Å². The van der Waals surface area contributed by atoms with Gasteiger partial charge in [0.05, 0.1) is 13.2 Å². The Morgan fingerprint density at radius 2 is 1.79 bits per heavy atom. The molecule has 1 unspecified atom stereocenters. The number of hydrogen-bond donors (Lipinski definition) is 1. The molecule has 0 bridgehead atoms. The molecule has 174 valence electrons. The number of carbonyl (C=O) groups excluding carboxylic acids is 1. The summed E-state index contributed by atoms with van der Waals surface area (Å²) < 4.78 is 7.39. The molecule has 34 heavy (non-hydrogen) atoms. The van der Waals surface area contributed by atoms with E-state index in [1.807, 2.05) is 11.8 Å². The molecule has 1 saturated heterocycles. The number of nitrogens with zero attached hydrogens (tertiary/aromatic N) is 3. The smallest absolute Gasteiger partial charge is 0.278 e. The summed E-state index contributed by atoms with van der Waals surface area (Å²) >= 11 is 1.84. The highest BCUT2D eigenvalue weighted by Gasteiger charge is 2.41. The van der Waals surface area contributed by atoms with E-state index in [-0.39, 0.29) is 23.7 Å². The minimum Gasteiger partial charge on any atom is -0.502 e. The second kappa shape index (κ2) is 8.52. The number of aromatic nitrogens is 1. The fourth-order valence-electron chi connectivity index (χ4n) is 5.34. The van der Waals surface area contributed by atoms with E-state index >= 15 is 0 Å². The van der Waals surface area contributed by atoms with Gasteiger partial charge in [-0.3, -0.25) is 19.3 Å². The largest absolute Gasteiger partial charge is 0.502 e. The Bertz CT molecular complexity index is 1280. The molecule has 0 aliphatic carbocycles. The van der Waals surface area contributed by atoms with E-state index in [9.17, 15) is 14.7 Å². The number of aromatic hydroxyl groups is 1. The average Bonchev–Trinajstić information content (AvgIpc) is 3.20. The van der Waals surface area contributed by atoms with Gasteiger partial charge < -0.3 is 14.7 Å². The van der Waals surface area contributed by atoms with E-state index in [2.05, 4.69) is 53.5 Å². The van der Waals surface area contributed by atoms with Crippen molar-refractivity contribution in [2.24, 2.45) is 0 Å². The molecular weight excluding hydrogens is 450 g/mol. The minimum absolute atomic E-state index is 0.0233. The quantitative estimate of drug-likeness (QED) is 0.614. The fraction of sp³-hybridized carbons (Fsp3) is 0.308. The van der Waals surface area contributed by atoms with Crippen LogP contribution in [0.25, 0.3) is 0 Å². The van der Waals surface area contributed by atoms with Crippen LogP contribution in [0, 0.1) is 0 Å². The summed E-state index contributed by atoms with van der Waals surface area (Å²) in [7, 11) is 0. The Morgan fingerprint density at radius 3 is 2.68 bits per heavy atom. The number of carbonyl (C=O) groups is 1. The van der Waals surface area contributed by atoms with E-state index in [0.717, 1.165) is 5.75 Å². The van der Waals surface area contributed by atoms with Gasteiger partial charge in [-0.25, -0.2) is 0 Å². The zero-order valence-corrected chi connectivity index (χ0v) is 19.4. The fourth-order valence-corrected chi connectivity index (χ4v) is 6.46. The predicted octanol–water partition coefficient (Wildman–Crippen LogP) is 3.13. The lowest BCUT2D eigenvalue weighted by atomic mass is 9.88. The summed E-state index contributed by atoms with van der Waals surface area (Å²) in [5.41, 5.74) is 3.28. The van der Waals surface area contributed by atoms with Gasteiger partial charge in [-0.2, -0.15) is 0 Å². The molecule has 1 aromatic heterocycles. The first-order chi connectivity index (χ1) is 16.6. The van der Waals surface area contributed by atoms with Crippen molar-refractivity contribution < 1.29 is 14.6 Å². The van der Waals surface area contributed by atoms with E-state index in [1.165, 1.54) is 27.7 Å². The third-order valence-corrected chi connectivity index (χ3v) is 8.11. The van der Waals surface area contributed by atoms with Crippen molar-refractivity contribution in [1.29, 1.82) is 0 Å². The summed E-state index contributed by atoms with van der Waals surface area (Å²) in [6.07, 6.45) is 2.02. The molecule has 7 nitrogen and oxygen atoms in total. The molecule has 8 heteroatoms. The molecule has 2 aromatic carbocycles. The second-order valence-electron chi connectivity index (χ2n) is 8.80. The molecule has 6 rings (SSSR count). The van der Waals surface area contributed by atoms with Crippen LogP contribution in [-0.4, -0.2) is 53.1 Å². The highest BCUT2D eigenvalue weighted by molar-refractivity contribution is 7.98. The van der Waals surface area contributed by atoms with Gasteiger partial charge >= 0.3 is 0 Å². The summed E-state index contributed by atoms with van der Waals surface area (Å²) in [6.45, 7) is 1.97. The molecule has 1 fully saturated rings. The first kappa shape index (κ1) is 21.3. The van der Waals surface area contributed by atoms with Crippen LogP contribution >= 0.6 is 11.8 Å². The molecule has 3 aromatic rings. The highest BCUT2D eigenvalue weighted by atomic mass is 32.2. The van der Waals surface area contributed by atoms with Crippen LogP contribution < -0.4 is 10.4 Å². The van der Waals surface area contributed by atoms with E-state index in [1.54, 1.807) is 15.8 Å². The molecule has 0 spiro atoms.